The molecule has 0 bridgehead atoms. The van der Waals surface area contributed by atoms with Crippen LogP contribution in [0.5, 0.6) is 23.0 Å². The summed E-state index contributed by atoms with van der Waals surface area (Å²) in [7, 11) is 4.65. The van der Waals surface area contributed by atoms with Crippen LogP contribution in [0.25, 0.3) is 22.7 Å². The van der Waals surface area contributed by atoms with Gasteiger partial charge in [0, 0.05) is 17.2 Å². The minimum Gasteiger partial charge on any atom is -0.496 e. The first-order chi connectivity index (χ1) is 17.6. The van der Waals surface area contributed by atoms with Crippen molar-refractivity contribution in [2.75, 3.05) is 27.9 Å². The summed E-state index contributed by atoms with van der Waals surface area (Å²) in [6, 6.07) is 17.9. The predicted molar refractivity (Wildman–Crippen MR) is 139 cm³/mol. The second-order valence-corrected chi connectivity index (χ2v) is 8.05. The number of ether oxygens (including phenoxy) is 4. The van der Waals surface area contributed by atoms with Crippen molar-refractivity contribution in [1.82, 2.24) is 4.98 Å². The highest BCUT2D eigenvalue weighted by Crippen LogP contribution is 2.37. The average molecular weight is 488 g/mol. The molecule has 0 amide bonds. The van der Waals surface area contributed by atoms with Crippen LogP contribution in [-0.2, 0) is 0 Å². The molecular formula is C29H29NO6. The molecule has 7 nitrogen and oxygen atoms in total. The van der Waals surface area contributed by atoms with Gasteiger partial charge in [-0.3, -0.25) is 4.79 Å². The summed E-state index contributed by atoms with van der Waals surface area (Å²) < 4.78 is 28.2. The Bertz CT molecular complexity index is 1340. The molecule has 0 spiro atoms. The quantitative estimate of drug-likeness (QED) is 0.136. The molecular weight excluding hydrogens is 458 g/mol. The zero-order chi connectivity index (χ0) is 25.5. The number of para-hydroxylation sites is 2. The van der Waals surface area contributed by atoms with E-state index in [1.165, 1.54) is 0 Å². The van der Waals surface area contributed by atoms with Gasteiger partial charge in [-0.1, -0.05) is 25.5 Å². The highest BCUT2D eigenvalue weighted by atomic mass is 16.5. The van der Waals surface area contributed by atoms with Crippen molar-refractivity contribution in [2.45, 2.75) is 19.8 Å². The Kier molecular flexibility index (Phi) is 7.90. The van der Waals surface area contributed by atoms with Crippen molar-refractivity contribution >= 4 is 28.5 Å². The minimum absolute atomic E-state index is 0.210. The summed E-state index contributed by atoms with van der Waals surface area (Å²) >= 11 is 0. The fourth-order valence-corrected chi connectivity index (χ4v) is 3.73. The van der Waals surface area contributed by atoms with Crippen molar-refractivity contribution in [2.24, 2.45) is 0 Å². The number of methoxy groups -OCH3 is 3. The second-order valence-electron chi connectivity index (χ2n) is 8.05. The molecule has 0 aliphatic rings. The van der Waals surface area contributed by atoms with Crippen molar-refractivity contribution in [3.63, 3.8) is 0 Å². The van der Waals surface area contributed by atoms with Crippen LogP contribution in [0.3, 0.4) is 0 Å². The van der Waals surface area contributed by atoms with Gasteiger partial charge in [-0.25, -0.2) is 4.98 Å². The number of carbonyl (C=O) groups excluding carboxylic acids is 1. The van der Waals surface area contributed by atoms with Gasteiger partial charge >= 0.3 is 0 Å². The molecule has 0 saturated heterocycles. The van der Waals surface area contributed by atoms with Crippen LogP contribution in [-0.4, -0.2) is 38.7 Å². The maximum Gasteiger partial charge on any atom is 0.231 e. The topological polar surface area (TPSA) is 80.0 Å². The Morgan fingerprint density at radius 3 is 2.28 bits per heavy atom. The van der Waals surface area contributed by atoms with Gasteiger partial charge < -0.3 is 23.4 Å². The van der Waals surface area contributed by atoms with Crippen molar-refractivity contribution in [3.8, 4) is 23.0 Å². The summed E-state index contributed by atoms with van der Waals surface area (Å²) in [5.74, 6) is 2.20. The van der Waals surface area contributed by atoms with E-state index >= 15 is 0 Å². The number of hydrogen-bond acceptors (Lipinski definition) is 7. The standard InChI is InChI=1S/C29H29NO6/c1-5-6-15-35-21-13-11-19(12-14-21)28(31)22(29-30-23-9-7-8-10-24(23)36-29)16-20-17-26(33-3)27(34-4)18-25(20)32-2/h7-14,16-18H,5-6,15H2,1-4H3/b22-16-. The molecule has 0 radical (unpaired) electrons. The molecule has 1 aromatic heterocycles. The number of unbranched alkanes of at least 4 members (excludes halogenated alkanes) is 1. The molecule has 4 rings (SSSR count). The van der Waals surface area contributed by atoms with Crippen LogP contribution in [0.1, 0.15) is 41.6 Å². The van der Waals surface area contributed by atoms with E-state index in [1.54, 1.807) is 63.8 Å². The summed E-state index contributed by atoms with van der Waals surface area (Å²) in [6.45, 7) is 2.75. The number of benzene rings is 3. The summed E-state index contributed by atoms with van der Waals surface area (Å²) in [5.41, 5.74) is 2.61. The fourth-order valence-electron chi connectivity index (χ4n) is 3.73. The Labute approximate surface area is 210 Å². The van der Waals surface area contributed by atoms with E-state index in [9.17, 15) is 4.79 Å². The van der Waals surface area contributed by atoms with Crippen LogP contribution in [0, 0.1) is 0 Å². The molecule has 36 heavy (non-hydrogen) atoms. The monoisotopic (exact) mass is 487 g/mol. The molecule has 0 fully saturated rings. The summed E-state index contributed by atoms with van der Waals surface area (Å²) in [6.07, 6.45) is 3.72. The molecule has 4 aromatic rings. The van der Waals surface area contributed by atoms with E-state index < -0.39 is 0 Å². The molecule has 0 aliphatic heterocycles. The van der Waals surface area contributed by atoms with Gasteiger partial charge in [0.25, 0.3) is 0 Å². The second kappa shape index (κ2) is 11.4. The normalized spacial score (nSPS) is 11.4. The lowest BCUT2D eigenvalue weighted by molar-refractivity contribution is 0.105. The smallest absolute Gasteiger partial charge is 0.231 e. The highest BCUT2D eigenvalue weighted by Gasteiger charge is 2.22. The van der Waals surface area contributed by atoms with Gasteiger partial charge in [-0.2, -0.15) is 0 Å². The minimum atomic E-state index is -0.251. The molecule has 0 saturated carbocycles. The molecule has 7 heteroatoms. The van der Waals surface area contributed by atoms with Crippen LogP contribution < -0.4 is 18.9 Å². The molecule has 0 aliphatic carbocycles. The van der Waals surface area contributed by atoms with Gasteiger partial charge in [-0.15, -0.1) is 0 Å². The van der Waals surface area contributed by atoms with Gasteiger partial charge in [-0.05, 0) is 55.0 Å². The number of carbonyl (C=O) groups is 1. The van der Waals surface area contributed by atoms with E-state index in [4.69, 9.17) is 23.4 Å². The molecule has 3 aromatic carbocycles. The lowest BCUT2D eigenvalue weighted by atomic mass is 10.00. The summed E-state index contributed by atoms with van der Waals surface area (Å²) in [4.78, 5) is 18.3. The molecule has 186 valence electrons. The molecule has 0 unspecified atom stereocenters. The van der Waals surface area contributed by atoms with E-state index in [1.807, 2.05) is 24.3 Å². The SMILES string of the molecule is CCCCOc1ccc(C(=O)/C(=C/c2cc(OC)c(OC)cc2OC)c2nc3ccccc3o2)cc1. The molecule has 0 N–H and O–H groups in total. The van der Waals surface area contributed by atoms with Crippen molar-refractivity contribution < 1.29 is 28.2 Å². The van der Waals surface area contributed by atoms with Crippen molar-refractivity contribution in [1.29, 1.82) is 0 Å². The number of Topliss-reactive ketones (excluding diaryl/α,β-unsaturated/α-hetero) is 1. The zero-order valence-electron chi connectivity index (χ0n) is 20.9. The number of rotatable bonds is 11. The average Bonchev–Trinajstić information content (AvgIpc) is 3.35. The lowest BCUT2D eigenvalue weighted by Crippen LogP contribution is -2.04. The number of fused-ring (bicyclic) bond motifs is 1. The Morgan fingerprint density at radius 2 is 1.61 bits per heavy atom. The number of allylic oxidation sites excluding steroid dienone is 1. The predicted octanol–water partition coefficient (Wildman–Crippen LogP) is 6.46. The number of oxazole rings is 1. The molecule has 1 heterocycles. The lowest BCUT2D eigenvalue weighted by Gasteiger charge is -2.13. The van der Waals surface area contributed by atoms with E-state index in [0.29, 0.717) is 51.8 Å². The van der Waals surface area contributed by atoms with Crippen LogP contribution in [0.2, 0.25) is 0 Å². The molecule has 0 atom stereocenters. The first kappa shape index (κ1) is 24.9. The van der Waals surface area contributed by atoms with Gasteiger partial charge in [0.2, 0.25) is 5.89 Å². The number of hydrogen-bond donors (Lipinski definition) is 0. The van der Waals surface area contributed by atoms with Gasteiger partial charge in [0.1, 0.15) is 17.0 Å². The maximum absolute atomic E-state index is 13.8. The third-order valence-electron chi connectivity index (χ3n) is 5.69. The zero-order valence-corrected chi connectivity index (χ0v) is 20.9. The van der Waals surface area contributed by atoms with E-state index in [2.05, 4.69) is 11.9 Å². The van der Waals surface area contributed by atoms with Crippen LogP contribution in [0.15, 0.2) is 65.1 Å². The van der Waals surface area contributed by atoms with E-state index in [0.717, 1.165) is 12.8 Å². The van der Waals surface area contributed by atoms with Gasteiger partial charge in [0.05, 0.1) is 33.5 Å². The number of nitrogens with zero attached hydrogens (tertiary/aromatic N) is 1. The number of ketones is 1. The Hall–Kier alpha value is -4.26. The fraction of sp³-hybridized carbons (Fsp3) is 0.241. The van der Waals surface area contributed by atoms with E-state index in [-0.39, 0.29) is 17.2 Å². The third-order valence-corrected chi connectivity index (χ3v) is 5.69. The Balaban J connectivity index is 1.80. The van der Waals surface area contributed by atoms with Crippen molar-refractivity contribution in [3.05, 3.63) is 77.7 Å². The third kappa shape index (κ3) is 5.35. The first-order valence-corrected chi connectivity index (χ1v) is 11.7. The maximum atomic E-state index is 13.8. The van der Waals surface area contributed by atoms with Crippen LogP contribution in [0.4, 0.5) is 0 Å². The summed E-state index contributed by atoms with van der Waals surface area (Å²) in [5, 5.41) is 0. The van der Waals surface area contributed by atoms with Crippen LogP contribution >= 0.6 is 0 Å². The largest absolute Gasteiger partial charge is 0.496 e. The van der Waals surface area contributed by atoms with Gasteiger partial charge in [0.15, 0.2) is 22.9 Å². The Morgan fingerprint density at radius 1 is 0.917 bits per heavy atom. The highest BCUT2D eigenvalue weighted by molar-refractivity contribution is 6.31. The first-order valence-electron chi connectivity index (χ1n) is 11.7. The number of aromatic nitrogens is 1.